The Morgan fingerprint density at radius 3 is 2.59 bits per heavy atom. The van der Waals surface area contributed by atoms with Gasteiger partial charge in [0.05, 0.1) is 6.04 Å². The first kappa shape index (κ1) is 18.1. The summed E-state index contributed by atoms with van der Waals surface area (Å²) in [5.41, 5.74) is 6.91. The highest BCUT2D eigenvalue weighted by Gasteiger charge is 2.33. The molecule has 7 heteroatoms. The van der Waals surface area contributed by atoms with Gasteiger partial charge < -0.3 is 15.2 Å². The van der Waals surface area contributed by atoms with E-state index in [0.29, 0.717) is 11.7 Å². The van der Waals surface area contributed by atoms with Crippen molar-refractivity contribution in [3.8, 4) is 11.4 Å². The summed E-state index contributed by atoms with van der Waals surface area (Å²) in [7, 11) is 0. The van der Waals surface area contributed by atoms with E-state index in [4.69, 9.17) is 10.3 Å². The lowest BCUT2D eigenvalue weighted by molar-refractivity contribution is -0.137. The average Bonchev–Trinajstić information content (AvgIpc) is 3.37. The van der Waals surface area contributed by atoms with E-state index in [0.717, 1.165) is 51.0 Å². The lowest BCUT2D eigenvalue weighted by atomic mass is 10.1. The van der Waals surface area contributed by atoms with Gasteiger partial charge in [0.1, 0.15) is 0 Å². The number of carbonyl (C=O) groups excluding carboxylic acids is 1. The summed E-state index contributed by atoms with van der Waals surface area (Å²) >= 11 is 0. The van der Waals surface area contributed by atoms with Gasteiger partial charge >= 0.3 is 0 Å². The van der Waals surface area contributed by atoms with Gasteiger partial charge in [-0.25, -0.2) is 0 Å². The van der Waals surface area contributed by atoms with Crippen molar-refractivity contribution in [3.05, 3.63) is 36.2 Å². The highest BCUT2D eigenvalue weighted by atomic mass is 16.5. The molecular formula is C20H27N5O2. The van der Waals surface area contributed by atoms with Crippen LogP contribution in [0.2, 0.25) is 0 Å². The molecule has 1 aliphatic carbocycles. The fourth-order valence-corrected chi connectivity index (χ4v) is 4.09. The molecule has 1 saturated heterocycles. The minimum atomic E-state index is 0.0344. The molecule has 0 spiro atoms. The summed E-state index contributed by atoms with van der Waals surface area (Å²) < 4.78 is 5.50. The number of hydrogen-bond donors (Lipinski definition) is 1. The van der Waals surface area contributed by atoms with Gasteiger partial charge in [-0.15, -0.1) is 0 Å². The normalized spacial score (nSPS) is 24.9. The summed E-state index contributed by atoms with van der Waals surface area (Å²) in [4.78, 5) is 21.5. The lowest BCUT2D eigenvalue weighted by Crippen LogP contribution is -2.50. The van der Waals surface area contributed by atoms with Gasteiger partial charge in [-0.05, 0) is 26.2 Å². The monoisotopic (exact) mass is 369 g/mol. The van der Waals surface area contributed by atoms with Gasteiger partial charge in [0.2, 0.25) is 17.6 Å². The van der Waals surface area contributed by atoms with Crippen molar-refractivity contribution in [2.45, 2.75) is 38.3 Å². The predicted molar refractivity (Wildman–Crippen MR) is 102 cm³/mol. The van der Waals surface area contributed by atoms with E-state index in [-0.39, 0.29) is 23.9 Å². The third-order valence-corrected chi connectivity index (χ3v) is 5.83. The summed E-state index contributed by atoms with van der Waals surface area (Å²) in [5.74, 6) is 1.63. The van der Waals surface area contributed by atoms with E-state index in [2.05, 4.69) is 22.0 Å². The average molecular weight is 369 g/mol. The molecule has 4 rings (SSSR count). The predicted octanol–water partition coefficient (Wildman–Crippen LogP) is 2.07. The number of hydrogen-bond acceptors (Lipinski definition) is 6. The number of nitrogens with two attached hydrogens (primary N) is 1. The molecule has 1 aliphatic heterocycles. The molecule has 0 radical (unpaired) electrons. The SMILES string of the molecule is CC(c1nc(-c2ccccc2)no1)N1CCN(C(=O)C2CCC(N)C2)CC1. The molecule has 2 fully saturated rings. The van der Waals surface area contributed by atoms with Crippen LogP contribution in [0.3, 0.4) is 0 Å². The third-order valence-electron chi connectivity index (χ3n) is 5.83. The first-order valence-electron chi connectivity index (χ1n) is 9.79. The molecule has 2 aliphatic rings. The van der Waals surface area contributed by atoms with Gasteiger partial charge in [-0.1, -0.05) is 35.5 Å². The zero-order valence-corrected chi connectivity index (χ0v) is 15.8. The van der Waals surface area contributed by atoms with Crippen molar-refractivity contribution in [1.82, 2.24) is 19.9 Å². The van der Waals surface area contributed by atoms with Crippen LogP contribution in [0, 0.1) is 5.92 Å². The van der Waals surface area contributed by atoms with E-state index >= 15 is 0 Å². The Labute approximate surface area is 159 Å². The van der Waals surface area contributed by atoms with Gasteiger partial charge in [-0.2, -0.15) is 4.98 Å². The number of rotatable bonds is 4. The molecule has 2 heterocycles. The Morgan fingerprint density at radius 1 is 1.19 bits per heavy atom. The van der Waals surface area contributed by atoms with Crippen LogP contribution < -0.4 is 5.73 Å². The summed E-state index contributed by atoms with van der Waals surface area (Å²) in [6.45, 7) is 5.20. The quantitative estimate of drug-likeness (QED) is 0.888. The van der Waals surface area contributed by atoms with E-state index in [1.54, 1.807) is 0 Å². The number of benzene rings is 1. The van der Waals surface area contributed by atoms with Crippen molar-refractivity contribution in [2.75, 3.05) is 26.2 Å². The maximum absolute atomic E-state index is 12.7. The van der Waals surface area contributed by atoms with E-state index in [1.807, 2.05) is 35.2 Å². The fraction of sp³-hybridized carbons (Fsp3) is 0.550. The second-order valence-electron chi connectivity index (χ2n) is 7.63. The van der Waals surface area contributed by atoms with Gasteiger partial charge in [0.25, 0.3) is 0 Å². The number of nitrogens with zero attached hydrogens (tertiary/aromatic N) is 4. The summed E-state index contributed by atoms with van der Waals surface area (Å²) in [5, 5.41) is 4.12. The standard InChI is InChI=1S/C20H27N5O2/c1-14(19-22-18(23-27-19)15-5-3-2-4-6-15)24-9-11-25(12-10-24)20(26)16-7-8-17(21)13-16/h2-6,14,16-17H,7-13,21H2,1H3. The second-order valence-corrected chi connectivity index (χ2v) is 7.63. The highest BCUT2D eigenvalue weighted by Crippen LogP contribution is 2.28. The number of aromatic nitrogens is 2. The molecule has 144 valence electrons. The maximum atomic E-state index is 12.7. The minimum absolute atomic E-state index is 0.0344. The smallest absolute Gasteiger partial charge is 0.244 e. The van der Waals surface area contributed by atoms with Crippen LogP contribution in [-0.2, 0) is 4.79 Å². The van der Waals surface area contributed by atoms with Crippen molar-refractivity contribution in [2.24, 2.45) is 11.7 Å². The Bertz CT molecular complexity index is 770. The summed E-state index contributed by atoms with van der Waals surface area (Å²) in [6, 6.07) is 10.1. The van der Waals surface area contributed by atoms with Crippen LogP contribution in [0.4, 0.5) is 0 Å². The largest absolute Gasteiger partial charge is 0.340 e. The van der Waals surface area contributed by atoms with E-state index in [1.165, 1.54) is 0 Å². The minimum Gasteiger partial charge on any atom is -0.340 e. The van der Waals surface area contributed by atoms with Crippen LogP contribution in [0.1, 0.15) is 38.1 Å². The highest BCUT2D eigenvalue weighted by molar-refractivity contribution is 5.79. The maximum Gasteiger partial charge on any atom is 0.244 e. The van der Waals surface area contributed by atoms with Crippen LogP contribution >= 0.6 is 0 Å². The topological polar surface area (TPSA) is 88.5 Å². The zero-order valence-electron chi connectivity index (χ0n) is 15.8. The molecule has 2 N–H and O–H groups in total. The second kappa shape index (κ2) is 7.78. The molecule has 1 amide bonds. The Balaban J connectivity index is 1.34. The molecule has 3 unspecified atom stereocenters. The van der Waals surface area contributed by atoms with Crippen LogP contribution in [-0.4, -0.2) is 58.1 Å². The molecular weight excluding hydrogens is 342 g/mol. The van der Waals surface area contributed by atoms with Crippen LogP contribution in [0.25, 0.3) is 11.4 Å². The molecule has 27 heavy (non-hydrogen) atoms. The molecule has 0 bridgehead atoms. The molecule has 7 nitrogen and oxygen atoms in total. The molecule has 1 aromatic carbocycles. The van der Waals surface area contributed by atoms with Crippen LogP contribution in [0.5, 0.6) is 0 Å². The summed E-state index contributed by atoms with van der Waals surface area (Å²) in [6.07, 6.45) is 2.73. The van der Waals surface area contributed by atoms with Crippen molar-refractivity contribution >= 4 is 5.91 Å². The molecule has 2 aromatic rings. The Morgan fingerprint density at radius 2 is 1.93 bits per heavy atom. The van der Waals surface area contributed by atoms with Crippen molar-refractivity contribution in [3.63, 3.8) is 0 Å². The van der Waals surface area contributed by atoms with E-state index < -0.39 is 0 Å². The van der Waals surface area contributed by atoms with E-state index in [9.17, 15) is 4.79 Å². The Kier molecular flexibility index (Phi) is 5.22. The molecule has 1 saturated carbocycles. The van der Waals surface area contributed by atoms with Gasteiger partial charge in [0.15, 0.2) is 0 Å². The third kappa shape index (κ3) is 3.89. The molecule has 3 atom stereocenters. The van der Waals surface area contributed by atoms with Crippen molar-refractivity contribution < 1.29 is 9.32 Å². The molecule has 1 aromatic heterocycles. The zero-order chi connectivity index (χ0) is 18.8. The van der Waals surface area contributed by atoms with Gasteiger partial charge in [-0.3, -0.25) is 9.69 Å². The van der Waals surface area contributed by atoms with Gasteiger partial charge in [0, 0.05) is 43.7 Å². The fourth-order valence-electron chi connectivity index (χ4n) is 4.09. The van der Waals surface area contributed by atoms with Crippen LogP contribution in [0.15, 0.2) is 34.9 Å². The number of piperazine rings is 1. The Hall–Kier alpha value is -2.25. The van der Waals surface area contributed by atoms with Crippen molar-refractivity contribution in [1.29, 1.82) is 0 Å². The number of amides is 1. The first-order chi connectivity index (χ1) is 13.1. The number of carbonyl (C=O) groups is 1. The lowest BCUT2D eigenvalue weighted by Gasteiger charge is -2.37. The first-order valence-corrected chi connectivity index (χ1v) is 9.79.